The van der Waals surface area contributed by atoms with Crippen LogP contribution in [0.3, 0.4) is 0 Å². The second-order valence-corrected chi connectivity index (χ2v) is 14.4. The minimum Gasteiger partial charge on any atom is -0.480 e. The molecule has 3 N–H and O–H groups in total. The molecule has 0 unspecified atom stereocenters. The lowest BCUT2D eigenvalue weighted by Gasteiger charge is -2.15. The molecule has 6 aromatic rings. The van der Waals surface area contributed by atoms with E-state index in [1.165, 1.54) is 33.4 Å². The summed E-state index contributed by atoms with van der Waals surface area (Å²) in [6.07, 6.45) is 3.01. The van der Waals surface area contributed by atoms with Gasteiger partial charge < -0.3 is 29.6 Å². The van der Waals surface area contributed by atoms with Crippen LogP contribution >= 0.6 is 31.9 Å². The number of esters is 1. The van der Waals surface area contributed by atoms with E-state index < -0.39 is 46.7 Å². The zero-order valence-corrected chi connectivity index (χ0v) is 33.1. The number of pyridine rings is 2. The normalized spacial score (nSPS) is 11.9. The number of aliphatic carboxylic acids is 1. The molecule has 0 radical (unpaired) electrons. The molecule has 0 aliphatic carbocycles. The average molecular weight is 873 g/mol. The Morgan fingerprint density at radius 2 is 1.05 bits per heavy atom. The minimum atomic E-state index is -1.17. The fourth-order valence-corrected chi connectivity index (χ4v) is 6.45. The first-order valence-electron chi connectivity index (χ1n) is 16.9. The van der Waals surface area contributed by atoms with Crippen molar-refractivity contribution in [1.29, 1.82) is 0 Å². The molecule has 0 aliphatic rings. The highest BCUT2D eigenvalue weighted by Gasteiger charge is 2.22. The summed E-state index contributed by atoms with van der Waals surface area (Å²) in [5.74, 6) is -3.08. The maximum absolute atomic E-state index is 12.9. The number of nitrogens with zero attached hydrogens (tertiary/aromatic N) is 2. The molecule has 6 rings (SSSR count). The molecule has 2 atom stereocenters. The highest BCUT2D eigenvalue weighted by molar-refractivity contribution is 9.10. The average Bonchev–Trinajstić information content (AvgIpc) is 3.17. The van der Waals surface area contributed by atoms with E-state index in [4.69, 9.17) is 5.11 Å². The second-order valence-electron chi connectivity index (χ2n) is 12.5. The Morgan fingerprint density at radius 1 is 0.655 bits per heavy atom. The number of carbonyl (C=O) groups excluding carboxylic acids is 3. The summed E-state index contributed by atoms with van der Waals surface area (Å²) >= 11 is 6.73. The molecule has 0 fully saturated rings. The minimum absolute atomic E-state index is 0.0303. The van der Waals surface area contributed by atoms with Crippen LogP contribution in [-0.2, 0) is 27.4 Å². The van der Waals surface area contributed by atoms with Gasteiger partial charge >= 0.3 is 11.9 Å². The number of aromatic nitrogens is 2. The maximum atomic E-state index is 12.9. The first-order valence-corrected chi connectivity index (χ1v) is 18.5. The maximum Gasteiger partial charge on any atom is 0.328 e. The lowest BCUT2D eigenvalue weighted by molar-refractivity contribution is -0.142. The highest BCUT2D eigenvalue weighted by Crippen LogP contribution is 2.21. The van der Waals surface area contributed by atoms with Crippen LogP contribution in [0.4, 0.5) is 0 Å². The molecular formula is C41H36Br2N4O8. The van der Waals surface area contributed by atoms with Crippen LogP contribution in [0, 0.1) is 0 Å². The van der Waals surface area contributed by atoms with E-state index in [1.54, 1.807) is 12.1 Å². The van der Waals surface area contributed by atoms with Crippen LogP contribution in [0.5, 0.6) is 0 Å². The van der Waals surface area contributed by atoms with Crippen molar-refractivity contribution in [1.82, 2.24) is 19.8 Å². The molecule has 0 bridgehead atoms. The van der Waals surface area contributed by atoms with Gasteiger partial charge in [0.2, 0.25) is 10.9 Å². The van der Waals surface area contributed by atoms with Gasteiger partial charge in [0.05, 0.1) is 18.1 Å². The van der Waals surface area contributed by atoms with Crippen LogP contribution in [0.1, 0.15) is 45.7 Å². The molecule has 0 aliphatic heterocycles. The number of nitrogens with one attached hydrogen (secondary N) is 2. The van der Waals surface area contributed by atoms with E-state index in [9.17, 15) is 28.8 Å². The summed E-state index contributed by atoms with van der Waals surface area (Å²) in [5.41, 5.74) is 2.49. The summed E-state index contributed by atoms with van der Waals surface area (Å²) in [6.45, 7) is 3.81. The van der Waals surface area contributed by atoms with Gasteiger partial charge in [-0.2, -0.15) is 0 Å². The molecule has 4 aromatic carbocycles. The van der Waals surface area contributed by atoms with E-state index in [0.29, 0.717) is 29.4 Å². The van der Waals surface area contributed by atoms with Gasteiger partial charge in [0.15, 0.2) is 0 Å². The molecular weight excluding hydrogens is 836 g/mol. The van der Waals surface area contributed by atoms with E-state index in [2.05, 4.69) is 47.2 Å². The van der Waals surface area contributed by atoms with E-state index in [1.807, 2.05) is 94.1 Å². The number of carboxylic acids is 1. The Kier molecular flexibility index (Phi) is 13.2. The number of carbonyl (C=O) groups is 4. The third-order valence-electron chi connectivity index (χ3n) is 8.59. The largest absolute Gasteiger partial charge is 0.480 e. The van der Waals surface area contributed by atoms with Crippen molar-refractivity contribution in [2.75, 3.05) is 7.11 Å². The highest BCUT2D eigenvalue weighted by atomic mass is 79.9. The van der Waals surface area contributed by atoms with E-state index in [-0.39, 0.29) is 11.1 Å². The summed E-state index contributed by atoms with van der Waals surface area (Å²) in [6, 6.07) is 28.1. The molecule has 0 saturated heterocycles. The van der Waals surface area contributed by atoms with E-state index >= 15 is 0 Å². The van der Waals surface area contributed by atoms with E-state index in [0.717, 1.165) is 25.6 Å². The SMILES string of the molecule is COC(=O)[C@H](C)NC(=O)c1cn(Cc2ccccc2)c2ccc(Br)cc2c1=O.C[C@H](NC(=O)c1cn(Cc2ccccc2)c2ccc(Br)cc2c1=O)C(=O)O. The predicted octanol–water partition coefficient (Wildman–Crippen LogP) is 6.12. The first-order chi connectivity index (χ1) is 26.3. The molecule has 14 heteroatoms. The van der Waals surface area contributed by atoms with Crippen molar-refractivity contribution in [3.8, 4) is 0 Å². The van der Waals surface area contributed by atoms with Gasteiger partial charge in [0.1, 0.15) is 23.2 Å². The van der Waals surface area contributed by atoms with Gasteiger partial charge in [-0.05, 0) is 61.4 Å². The number of hydrogen-bond donors (Lipinski definition) is 3. The molecule has 0 saturated carbocycles. The Balaban J connectivity index is 0.000000211. The van der Waals surface area contributed by atoms with Gasteiger partial charge in [0.25, 0.3) is 11.8 Å². The van der Waals surface area contributed by atoms with Crippen molar-refractivity contribution < 1.29 is 29.0 Å². The lowest BCUT2D eigenvalue weighted by Crippen LogP contribution is -2.41. The summed E-state index contributed by atoms with van der Waals surface area (Å²) in [4.78, 5) is 73.6. The Hall–Kier alpha value is -5.86. The fraction of sp³-hybridized carbons (Fsp3) is 0.171. The predicted molar refractivity (Wildman–Crippen MR) is 216 cm³/mol. The van der Waals surface area contributed by atoms with Gasteiger partial charge in [0, 0.05) is 45.2 Å². The summed E-state index contributed by atoms with van der Waals surface area (Å²) < 4.78 is 9.76. The van der Waals surface area contributed by atoms with Gasteiger partial charge in [-0.15, -0.1) is 0 Å². The molecule has 2 aromatic heterocycles. The number of methoxy groups -OCH3 is 1. The third-order valence-corrected chi connectivity index (χ3v) is 9.57. The van der Waals surface area contributed by atoms with Crippen LogP contribution in [0.15, 0.2) is 128 Å². The van der Waals surface area contributed by atoms with Crippen molar-refractivity contribution >= 4 is 77.4 Å². The van der Waals surface area contributed by atoms with Crippen LogP contribution < -0.4 is 21.5 Å². The van der Waals surface area contributed by atoms with Crippen molar-refractivity contribution in [3.05, 3.63) is 161 Å². The number of amides is 2. The molecule has 12 nitrogen and oxygen atoms in total. The Bertz CT molecular complexity index is 2520. The van der Waals surface area contributed by atoms with Gasteiger partial charge in [-0.3, -0.25) is 24.0 Å². The number of fused-ring (bicyclic) bond motifs is 2. The van der Waals surface area contributed by atoms with Gasteiger partial charge in [-0.1, -0.05) is 92.5 Å². The molecule has 2 heterocycles. The number of carboxylic acid groups (broad SMARTS) is 1. The van der Waals surface area contributed by atoms with Crippen LogP contribution in [0.2, 0.25) is 0 Å². The molecule has 0 spiro atoms. The standard InChI is InChI=1S/C21H19BrN2O4.C20H17BrN2O4/c1-13(21(27)28-2)23-20(26)17-12-24(11-14-6-4-3-5-7-14)18-9-8-15(22)10-16(18)19(17)25;1-12(20(26)27)22-19(25)16-11-23(10-13-5-3-2-4-6-13)17-8-7-14(21)9-15(17)18(16)24/h3-10,12-13H,11H2,1-2H3,(H,23,26);2-9,11-12H,10H2,1H3,(H,22,25)(H,26,27)/t13-;12-/m00/s1. The topological polar surface area (TPSA) is 166 Å². The molecule has 55 heavy (non-hydrogen) atoms. The lowest BCUT2D eigenvalue weighted by atomic mass is 10.1. The monoisotopic (exact) mass is 870 g/mol. The van der Waals surface area contributed by atoms with Crippen molar-refractivity contribution in [2.45, 2.75) is 39.0 Å². The molecule has 282 valence electrons. The van der Waals surface area contributed by atoms with Crippen LogP contribution in [0.25, 0.3) is 21.8 Å². The smallest absolute Gasteiger partial charge is 0.328 e. The quantitative estimate of drug-likeness (QED) is 0.139. The third kappa shape index (κ3) is 9.82. The zero-order valence-electron chi connectivity index (χ0n) is 29.9. The number of hydrogen-bond acceptors (Lipinski definition) is 7. The number of halogens is 2. The van der Waals surface area contributed by atoms with Crippen molar-refractivity contribution in [2.24, 2.45) is 0 Å². The zero-order chi connectivity index (χ0) is 39.8. The molecule has 2 amide bonds. The first kappa shape index (κ1) is 40.3. The Labute approximate surface area is 332 Å². The summed E-state index contributed by atoms with van der Waals surface area (Å²) in [5, 5.41) is 14.7. The Morgan fingerprint density at radius 3 is 1.44 bits per heavy atom. The number of benzene rings is 4. The van der Waals surface area contributed by atoms with Crippen molar-refractivity contribution in [3.63, 3.8) is 0 Å². The number of ether oxygens (including phenoxy) is 1. The number of rotatable bonds is 10. The summed E-state index contributed by atoms with van der Waals surface area (Å²) in [7, 11) is 1.24. The fourth-order valence-electron chi connectivity index (χ4n) is 5.73. The van der Waals surface area contributed by atoms with Crippen LogP contribution in [-0.4, -0.2) is 57.2 Å². The second kappa shape index (κ2) is 18.0. The van der Waals surface area contributed by atoms with Gasteiger partial charge in [-0.25, -0.2) is 4.79 Å².